The SMILES string of the molecule is CCC(=O)Nc1nc2c(ncn2[C@@H]2O[C@H](COC(c3ccccc3)(c3ccc(OC)cc3)c3ccc(OC)cc3)C(OC)[C@@H]2OP(OCCC#N)N(C(C)C)C(C)C)c(=O)[nH]1. The maximum absolute atomic E-state index is 13.3. The van der Waals surface area contributed by atoms with Crippen molar-refractivity contribution < 1.29 is 37.5 Å². The minimum Gasteiger partial charge on any atom is -0.497 e. The van der Waals surface area contributed by atoms with E-state index in [1.54, 1.807) is 32.8 Å². The third-order valence-electron chi connectivity index (χ3n) is 10.4. The number of hydrogen-bond acceptors (Lipinski definition) is 13. The van der Waals surface area contributed by atoms with Crippen molar-refractivity contribution in [3.63, 3.8) is 0 Å². The van der Waals surface area contributed by atoms with Crippen molar-refractivity contribution in [1.29, 1.82) is 5.26 Å². The molecule has 3 heterocycles. The summed E-state index contributed by atoms with van der Waals surface area (Å²) in [5, 5.41) is 12.1. The van der Waals surface area contributed by atoms with E-state index in [2.05, 4.69) is 31.0 Å². The van der Waals surface area contributed by atoms with Gasteiger partial charge in [0.2, 0.25) is 11.9 Å². The van der Waals surface area contributed by atoms with Gasteiger partial charge in [0.25, 0.3) is 14.1 Å². The number of anilines is 1. The van der Waals surface area contributed by atoms with Crippen LogP contribution >= 0.6 is 8.53 Å². The number of fused-ring (bicyclic) bond motifs is 1. The molecule has 6 rings (SSSR count). The average Bonchev–Trinajstić information content (AvgIpc) is 3.85. The number of carbonyl (C=O) groups is 1. The zero-order valence-corrected chi connectivity index (χ0v) is 36.6. The number of rotatable bonds is 20. The van der Waals surface area contributed by atoms with Gasteiger partial charge in [-0.25, -0.2) is 9.65 Å². The predicted molar refractivity (Wildman–Crippen MR) is 230 cm³/mol. The molecule has 5 aromatic rings. The van der Waals surface area contributed by atoms with Gasteiger partial charge < -0.3 is 32.7 Å². The molecule has 1 fully saturated rings. The molecule has 61 heavy (non-hydrogen) atoms. The lowest BCUT2D eigenvalue weighted by Gasteiger charge is -2.38. The summed E-state index contributed by atoms with van der Waals surface area (Å²) in [7, 11) is 3.00. The van der Waals surface area contributed by atoms with Crippen LogP contribution in [0.4, 0.5) is 5.95 Å². The summed E-state index contributed by atoms with van der Waals surface area (Å²) in [6.45, 7) is 10.0. The minimum atomic E-state index is -1.82. The largest absolute Gasteiger partial charge is 0.497 e. The van der Waals surface area contributed by atoms with Crippen molar-refractivity contribution in [2.75, 3.05) is 39.9 Å². The Bertz CT molecular complexity index is 2240. The maximum Gasteiger partial charge on any atom is 0.280 e. The number of carbonyl (C=O) groups excluding carboxylic acids is 1. The molecule has 0 radical (unpaired) electrons. The summed E-state index contributed by atoms with van der Waals surface area (Å²) in [5.74, 6) is 1.00. The molecule has 1 aliphatic heterocycles. The lowest BCUT2D eigenvalue weighted by Crippen LogP contribution is -2.42. The Labute approximate surface area is 357 Å². The minimum absolute atomic E-state index is 0.00592. The smallest absolute Gasteiger partial charge is 0.280 e. The lowest BCUT2D eigenvalue weighted by molar-refractivity contribution is -0.115. The van der Waals surface area contributed by atoms with Crippen molar-refractivity contribution >= 4 is 31.5 Å². The van der Waals surface area contributed by atoms with Gasteiger partial charge in [-0.2, -0.15) is 10.2 Å². The molecule has 0 aliphatic carbocycles. The first kappa shape index (κ1) is 45.3. The quantitative estimate of drug-likeness (QED) is 0.0461. The Hall–Kier alpha value is -5.24. The van der Waals surface area contributed by atoms with Crippen molar-refractivity contribution in [1.82, 2.24) is 24.2 Å². The van der Waals surface area contributed by atoms with Gasteiger partial charge in [0.1, 0.15) is 35.4 Å². The number of aromatic amines is 1. The van der Waals surface area contributed by atoms with Crippen LogP contribution in [-0.4, -0.2) is 95.0 Å². The van der Waals surface area contributed by atoms with Gasteiger partial charge in [-0.1, -0.05) is 61.5 Å². The fraction of sp³-hybridized carbons (Fsp3) is 0.432. The van der Waals surface area contributed by atoms with Crippen molar-refractivity contribution in [2.45, 2.75) is 89.7 Å². The molecular weight excluding hydrogens is 801 g/mol. The van der Waals surface area contributed by atoms with Crippen molar-refractivity contribution in [2.24, 2.45) is 0 Å². The monoisotopic (exact) mass is 855 g/mol. The molecule has 3 aromatic carbocycles. The lowest BCUT2D eigenvalue weighted by atomic mass is 9.80. The molecule has 1 amide bonds. The van der Waals surface area contributed by atoms with Crippen LogP contribution in [0.25, 0.3) is 11.2 Å². The number of H-pyrrole nitrogens is 1. The molecular formula is C44H54N7O9P. The molecule has 17 heteroatoms. The number of imidazole rings is 1. The Morgan fingerprint density at radius 1 is 0.951 bits per heavy atom. The summed E-state index contributed by atoms with van der Waals surface area (Å²) in [6, 6.07) is 27.5. The number of nitrogens with zero attached hydrogens (tertiary/aromatic N) is 5. The summed E-state index contributed by atoms with van der Waals surface area (Å²) < 4.78 is 48.8. The van der Waals surface area contributed by atoms with Crippen LogP contribution in [0.2, 0.25) is 0 Å². The van der Waals surface area contributed by atoms with Crippen molar-refractivity contribution in [3.8, 4) is 17.6 Å². The van der Waals surface area contributed by atoms with Crippen LogP contribution in [-0.2, 0) is 33.7 Å². The van der Waals surface area contributed by atoms with E-state index in [9.17, 15) is 14.9 Å². The van der Waals surface area contributed by atoms with Crippen LogP contribution in [0.3, 0.4) is 0 Å². The molecule has 2 aromatic heterocycles. The van der Waals surface area contributed by atoms with Crippen LogP contribution in [0, 0.1) is 11.3 Å². The van der Waals surface area contributed by atoms with Gasteiger partial charge in [-0.3, -0.25) is 24.5 Å². The molecule has 16 nitrogen and oxygen atoms in total. The summed E-state index contributed by atoms with van der Waals surface area (Å²) in [6.07, 6.45) is -1.67. The number of methoxy groups -OCH3 is 3. The third kappa shape index (κ3) is 9.79. The zero-order valence-electron chi connectivity index (χ0n) is 35.7. The average molecular weight is 856 g/mol. The predicted octanol–water partition coefficient (Wildman–Crippen LogP) is 7.07. The van der Waals surface area contributed by atoms with E-state index in [0.29, 0.717) is 11.5 Å². The van der Waals surface area contributed by atoms with Gasteiger partial charge in [0.15, 0.2) is 17.4 Å². The van der Waals surface area contributed by atoms with E-state index >= 15 is 0 Å². The first-order valence-corrected chi connectivity index (χ1v) is 21.3. The zero-order chi connectivity index (χ0) is 43.7. The fourth-order valence-electron chi connectivity index (χ4n) is 7.54. The number of nitriles is 1. The molecule has 2 N–H and O–H groups in total. The molecule has 5 atom stereocenters. The normalized spacial score (nSPS) is 18.5. The summed E-state index contributed by atoms with van der Waals surface area (Å²) in [4.78, 5) is 37.4. The van der Waals surface area contributed by atoms with Gasteiger partial charge >= 0.3 is 0 Å². The summed E-state index contributed by atoms with van der Waals surface area (Å²) in [5.41, 5.74) is 0.958. The molecule has 1 saturated heterocycles. The van der Waals surface area contributed by atoms with E-state index in [1.165, 1.54) is 6.33 Å². The second-order valence-corrected chi connectivity index (χ2v) is 16.2. The fourth-order valence-corrected chi connectivity index (χ4v) is 9.27. The molecule has 1 aliphatic rings. The van der Waals surface area contributed by atoms with E-state index in [4.69, 9.17) is 32.7 Å². The van der Waals surface area contributed by atoms with Gasteiger partial charge in [0.05, 0.1) is 46.3 Å². The van der Waals surface area contributed by atoms with E-state index in [1.807, 2.05) is 107 Å². The number of amides is 1. The second-order valence-electron chi connectivity index (χ2n) is 14.8. The van der Waals surface area contributed by atoms with Crippen LogP contribution in [0.1, 0.15) is 70.4 Å². The van der Waals surface area contributed by atoms with Gasteiger partial charge in [-0.05, 0) is 68.7 Å². The number of ether oxygens (including phenoxy) is 5. The number of benzene rings is 3. The standard InChI is InChI=1S/C44H54N7O9P/c1-9-36(52)47-43-48-40-37(41(53)49-43)46-27-50(40)42-39(60-61(58-25-13-24-45)51(28(2)3)29(4)5)38(56-8)35(59-42)26-57-44(30-14-11-10-12-15-30,31-16-20-33(54-6)21-17-31)32-18-22-34(55-7)23-19-32/h10-12,14-23,27-29,35,38-39,42H,9,13,25-26H2,1-8H3,(H2,47,48,49,52,53)/t35-,38?,39+,42-,61?/m1/s1. The number of hydrogen-bond donors (Lipinski definition) is 2. The molecule has 324 valence electrons. The molecule has 0 bridgehead atoms. The van der Waals surface area contributed by atoms with E-state index in [-0.39, 0.29) is 61.2 Å². The highest BCUT2D eigenvalue weighted by Gasteiger charge is 2.51. The van der Waals surface area contributed by atoms with Crippen LogP contribution in [0.15, 0.2) is 90.0 Å². The highest BCUT2D eigenvalue weighted by atomic mass is 31.2. The van der Waals surface area contributed by atoms with Gasteiger partial charge in [0, 0.05) is 25.6 Å². The third-order valence-corrected chi connectivity index (χ3v) is 12.5. The maximum atomic E-state index is 13.3. The van der Waals surface area contributed by atoms with E-state index in [0.717, 1.165) is 16.7 Å². The summed E-state index contributed by atoms with van der Waals surface area (Å²) >= 11 is 0. The Kier molecular flexibility index (Phi) is 15.3. The van der Waals surface area contributed by atoms with Gasteiger partial charge in [-0.15, -0.1) is 0 Å². The number of nitrogens with one attached hydrogen (secondary N) is 2. The Balaban J connectivity index is 1.48. The van der Waals surface area contributed by atoms with Crippen molar-refractivity contribution in [3.05, 3.63) is 112 Å². The first-order chi connectivity index (χ1) is 29.5. The Morgan fingerprint density at radius 2 is 1.56 bits per heavy atom. The first-order valence-electron chi connectivity index (χ1n) is 20.2. The number of aromatic nitrogens is 4. The van der Waals surface area contributed by atoms with E-state index < -0.39 is 44.2 Å². The second kappa shape index (κ2) is 20.5. The topological polar surface area (TPSA) is 184 Å². The molecule has 2 unspecified atom stereocenters. The van der Waals surface area contributed by atoms with Crippen LogP contribution in [0.5, 0.6) is 11.5 Å². The highest BCUT2D eigenvalue weighted by Crippen LogP contribution is 2.52. The Morgan fingerprint density at radius 3 is 2.10 bits per heavy atom. The molecule has 0 saturated carbocycles. The highest BCUT2D eigenvalue weighted by molar-refractivity contribution is 7.44. The van der Waals surface area contributed by atoms with Crippen LogP contribution < -0.4 is 20.3 Å². The molecule has 0 spiro atoms.